The summed E-state index contributed by atoms with van der Waals surface area (Å²) in [4.78, 5) is 24.0. The van der Waals surface area contributed by atoms with Crippen molar-refractivity contribution in [3.63, 3.8) is 0 Å². The number of aryl methyl sites for hydroxylation is 1. The van der Waals surface area contributed by atoms with Crippen LogP contribution in [0.3, 0.4) is 0 Å². The molecule has 2 amide bonds. The van der Waals surface area contributed by atoms with Crippen LogP contribution < -0.4 is 10.6 Å². The van der Waals surface area contributed by atoms with Gasteiger partial charge < -0.3 is 10.6 Å². The smallest absolute Gasteiger partial charge is 0.251 e. The zero-order valence-electron chi connectivity index (χ0n) is 18.2. The molecule has 0 atom stereocenters. The quantitative estimate of drug-likeness (QED) is 0.598. The zero-order chi connectivity index (χ0) is 23.1. The fourth-order valence-corrected chi connectivity index (χ4v) is 5.19. The molecule has 7 nitrogen and oxygen atoms in total. The fourth-order valence-electron chi connectivity index (χ4n) is 3.72. The second-order valence-corrected chi connectivity index (χ2v) is 9.85. The molecule has 32 heavy (non-hydrogen) atoms. The van der Waals surface area contributed by atoms with E-state index in [0.717, 1.165) is 12.0 Å². The van der Waals surface area contributed by atoms with Crippen molar-refractivity contribution in [2.75, 3.05) is 19.6 Å². The van der Waals surface area contributed by atoms with Crippen molar-refractivity contribution in [1.82, 2.24) is 14.9 Å². The molecule has 170 valence electrons. The minimum atomic E-state index is -3.65. The molecule has 0 saturated carbocycles. The number of hydrogen-bond acceptors (Lipinski definition) is 4. The van der Waals surface area contributed by atoms with Gasteiger partial charge in [-0.15, -0.1) is 0 Å². The van der Waals surface area contributed by atoms with Crippen LogP contribution in [-0.2, 0) is 21.2 Å². The Balaban J connectivity index is 1.54. The summed E-state index contributed by atoms with van der Waals surface area (Å²) in [6, 6.07) is 14.1. The topological polar surface area (TPSA) is 95.6 Å². The lowest BCUT2D eigenvalue weighted by molar-refractivity contribution is -0.117. The van der Waals surface area contributed by atoms with Gasteiger partial charge in [-0.05, 0) is 62.1 Å². The van der Waals surface area contributed by atoms with Crippen LogP contribution in [0.2, 0.25) is 0 Å². The highest BCUT2D eigenvalue weighted by Gasteiger charge is 2.29. The molecular weight excluding hydrogens is 426 g/mol. The van der Waals surface area contributed by atoms with Crippen LogP contribution in [0.5, 0.6) is 0 Å². The molecule has 2 aromatic carbocycles. The lowest BCUT2D eigenvalue weighted by Gasteiger charge is -2.31. The highest BCUT2D eigenvalue weighted by atomic mass is 32.2. The Kier molecular flexibility index (Phi) is 7.82. The average molecular weight is 456 g/mol. The van der Waals surface area contributed by atoms with Crippen LogP contribution in [0.4, 0.5) is 0 Å². The molecule has 0 bridgehead atoms. The Morgan fingerprint density at radius 1 is 1.12 bits per heavy atom. The van der Waals surface area contributed by atoms with Crippen LogP contribution in [0.15, 0.2) is 66.1 Å². The van der Waals surface area contributed by atoms with Gasteiger partial charge in [0.05, 0.1) is 4.90 Å². The first-order chi connectivity index (χ1) is 15.3. The van der Waals surface area contributed by atoms with E-state index in [-0.39, 0.29) is 22.8 Å². The number of nitrogens with zero attached hydrogens (tertiary/aromatic N) is 1. The van der Waals surface area contributed by atoms with Gasteiger partial charge in [0.2, 0.25) is 15.9 Å². The van der Waals surface area contributed by atoms with Gasteiger partial charge in [-0.1, -0.05) is 36.4 Å². The lowest BCUT2D eigenvalue weighted by atomic mass is 10.1. The second-order valence-electron chi connectivity index (χ2n) is 7.91. The standard InChI is InChI=1S/C24H29N3O4S/c1-3-23(28)26-21-12-15-27(16-13-21)32(30,31)22-9-7-20(8-10-22)24(29)25-14-11-19-6-4-5-18(2)17-19/h3-10,17,21H,1,11-16H2,2H3,(H,25,29)(H,26,28). The maximum Gasteiger partial charge on any atom is 0.251 e. The Hall–Kier alpha value is -2.97. The normalized spacial score (nSPS) is 15.2. The molecule has 0 aliphatic carbocycles. The summed E-state index contributed by atoms with van der Waals surface area (Å²) in [5.74, 6) is -0.487. The molecule has 0 unspecified atom stereocenters. The predicted octanol–water partition coefficient (Wildman–Crippen LogP) is 2.42. The molecule has 8 heteroatoms. The zero-order valence-corrected chi connectivity index (χ0v) is 19.0. The molecule has 1 aliphatic rings. The predicted molar refractivity (Wildman–Crippen MR) is 124 cm³/mol. The molecule has 2 N–H and O–H groups in total. The maximum absolute atomic E-state index is 12.9. The van der Waals surface area contributed by atoms with E-state index in [0.29, 0.717) is 38.0 Å². The van der Waals surface area contributed by atoms with Gasteiger partial charge in [-0.3, -0.25) is 9.59 Å². The van der Waals surface area contributed by atoms with Gasteiger partial charge in [-0.25, -0.2) is 8.42 Å². The van der Waals surface area contributed by atoms with E-state index in [1.165, 1.54) is 40.2 Å². The monoisotopic (exact) mass is 455 g/mol. The number of nitrogens with one attached hydrogen (secondary N) is 2. The van der Waals surface area contributed by atoms with Crippen molar-refractivity contribution in [1.29, 1.82) is 0 Å². The average Bonchev–Trinajstić information content (AvgIpc) is 2.79. The highest BCUT2D eigenvalue weighted by Crippen LogP contribution is 2.21. The summed E-state index contributed by atoms with van der Waals surface area (Å²) < 4.78 is 27.3. The Bertz CT molecular complexity index is 1070. The minimum Gasteiger partial charge on any atom is -0.352 e. The molecule has 1 fully saturated rings. The van der Waals surface area contributed by atoms with Gasteiger partial charge in [0.25, 0.3) is 5.91 Å². The van der Waals surface area contributed by atoms with Crippen LogP contribution >= 0.6 is 0 Å². The number of amides is 2. The highest BCUT2D eigenvalue weighted by molar-refractivity contribution is 7.89. The van der Waals surface area contributed by atoms with Gasteiger partial charge in [0, 0.05) is 31.2 Å². The molecule has 1 saturated heterocycles. The van der Waals surface area contributed by atoms with Gasteiger partial charge in [-0.2, -0.15) is 4.31 Å². The molecule has 0 aromatic heterocycles. The van der Waals surface area contributed by atoms with E-state index in [1.54, 1.807) is 0 Å². The number of carbonyl (C=O) groups excluding carboxylic acids is 2. The minimum absolute atomic E-state index is 0.0576. The third-order valence-corrected chi connectivity index (χ3v) is 7.43. The Labute approximate surface area is 189 Å². The van der Waals surface area contributed by atoms with Crippen molar-refractivity contribution < 1.29 is 18.0 Å². The summed E-state index contributed by atoms with van der Waals surface area (Å²) >= 11 is 0. The first kappa shape index (κ1) is 23.7. The summed E-state index contributed by atoms with van der Waals surface area (Å²) in [5, 5.41) is 5.68. The fraction of sp³-hybridized carbons (Fsp3) is 0.333. The van der Waals surface area contributed by atoms with E-state index in [2.05, 4.69) is 23.3 Å². The number of rotatable bonds is 8. The SMILES string of the molecule is C=CC(=O)NC1CCN(S(=O)(=O)c2ccc(C(=O)NCCc3cccc(C)c3)cc2)CC1. The van der Waals surface area contributed by atoms with E-state index in [1.807, 2.05) is 25.1 Å². The van der Waals surface area contributed by atoms with Crippen molar-refractivity contribution in [2.24, 2.45) is 0 Å². The van der Waals surface area contributed by atoms with Crippen LogP contribution in [0, 0.1) is 6.92 Å². The number of sulfonamides is 1. The van der Waals surface area contributed by atoms with Crippen molar-refractivity contribution in [3.8, 4) is 0 Å². The molecule has 0 radical (unpaired) electrons. The third kappa shape index (κ3) is 6.05. The lowest BCUT2D eigenvalue weighted by Crippen LogP contribution is -2.46. The molecule has 1 heterocycles. The molecule has 2 aromatic rings. The first-order valence-electron chi connectivity index (χ1n) is 10.7. The van der Waals surface area contributed by atoms with Gasteiger partial charge in [0.15, 0.2) is 0 Å². The Morgan fingerprint density at radius 2 is 1.81 bits per heavy atom. The summed E-state index contributed by atoms with van der Waals surface area (Å²) in [7, 11) is -3.65. The first-order valence-corrected chi connectivity index (χ1v) is 12.1. The molecule has 3 rings (SSSR count). The number of benzene rings is 2. The summed E-state index contributed by atoms with van der Waals surface area (Å²) in [5.41, 5.74) is 2.75. The van der Waals surface area contributed by atoms with Crippen molar-refractivity contribution >= 4 is 21.8 Å². The number of piperidine rings is 1. The Morgan fingerprint density at radius 3 is 2.44 bits per heavy atom. The maximum atomic E-state index is 12.9. The second kappa shape index (κ2) is 10.6. The van der Waals surface area contributed by atoms with E-state index in [4.69, 9.17) is 0 Å². The van der Waals surface area contributed by atoms with Crippen LogP contribution in [-0.4, -0.2) is 50.2 Å². The third-order valence-electron chi connectivity index (χ3n) is 5.52. The number of carbonyl (C=O) groups is 2. The van der Waals surface area contributed by atoms with Crippen molar-refractivity contribution in [2.45, 2.75) is 37.1 Å². The summed E-state index contributed by atoms with van der Waals surface area (Å²) in [6.45, 7) is 6.60. The van der Waals surface area contributed by atoms with E-state index < -0.39 is 10.0 Å². The van der Waals surface area contributed by atoms with Crippen LogP contribution in [0.1, 0.15) is 34.3 Å². The van der Waals surface area contributed by atoms with Gasteiger partial charge >= 0.3 is 0 Å². The van der Waals surface area contributed by atoms with E-state index >= 15 is 0 Å². The largest absolute Gasteiger partial charge is 0.352 e. The summed E-state index contributed by atoms with van der Waals surface area (Å²) in [6.07, 6.45) is 3.02. The van der Waals surface area contributed by atoms with Crippen LogP contribution in [0.25, 0.3) is 0 Å². The molecular formula is C24H29N3O4S. The van der Waals surface area contributed by atoms with Gasteiger partial charge in [0.1, 0.15) is 0 Å². The molecule has 1 aliphatic heterocycles. The molecule has 0 spiro atoms. The number of hydrogen-bond donors (Lipinski definition) is 2. The van der Waals surface area contributed by atoms with Crippen molar-refractivity contribution in [3.05, 3.63) is 77.9 Å². The van der Waals surface area contributed by atoms with E-state index in [9.17, 15) is 18.0 Å².